The molecule has 24 heavy (non-hydrogen) atoms. The number of nitrogens with zero attached hydrogens (tertiary/aromatic N) is 3. The molecule has 1 amide bonds. The molecule has 3 rings (SSSR count). The Morgan fingerprint density at radius 3 is 2.58 bits per heavy atom. The van der Waals surface area contributed by atoms with E-state index in [-0.39, 0.29) is 11.4 Å². The molecule has 128 valence electrons. The highest BCUT2D eigenvalue weighted by atomic mass is 32.1. The molecule has 0 bridgehead atoms. The largest absolute Gasteiger partial charge is 0.416 e. The number of piperidine rings is 1. The number of halogens is 3. The maximum atomic E-state index is 13.0. The Labute approximate surface area is 140 Å². The lowest BCUT2D eigenvalue weighted by Crippen LogP contribution is -2.30. The normalized spacial score (nSPS) is 15.4. The average Bonchev–Trinajstić information content (AvgIpc) is 3.09. The maximum absolute atomic E-state index is 13.0. The van der Waals surface area contributed by atoms with Gasteiger partial charge in [0.2, 0.25) is 0 Å². The number of aromatic nitrogens is 2. The third kappa shape index (κ3) is 3.66. The molecule has 0 spiro atoms. The smallest absolute Gasteiger partial charge is 0.370 e. The van der Waals surface area contributed by atoms with Crippen molar-refractivity contribution in [1.82, 2.24) is 8.75 Å². The first-order valence-corrected chi connectivity index (χ1v) is 8.23. The Balaban J connectivity index is 1.94. The predicted octanol–water partition coefficient (Wildman–Crippen LogP) is 3.80. The van der Waals surface area contributed by atoms with Crippen LogP contribution < -0.4 is 10.2 Å². The third-order valence-corrected chi connectivity index (χ3v) is 4.34. The van der Waals surface area contributed by atoms with E-state index < -0.39 is 17.6 Å². The first-order valence-electron chi connectivity index (χ1n) is 7.50. The molecular weight excluding hydrogens is 341 g/mol. The maximum Gasteiger partial charge on any atom is 0.416 e. The van der Waals surface area contributed by atoms with Gasteiger partial charge in [0.15, 0.2) is 5.69 Å². The lowest BCUT2D eigenvalue weighted by atomic mass is 10.1. The quantitative estimate of drug-likeness (QED) is 0.909. The number of anilines is 2. The predicted molar refractivity (Wildman–Crippen MR) is 85.4 cm³/mol. The Morgan fingerprint density at radius 2 is 1.96 bits per heavy atom. The van der Waals surface area contributed by atoms with Crippen LogP contribution in [0.5, 0.6) is 0 Å². The van der Waals surface area contributed by atoms with Gasteiger partial charge in [-0.25, -0.2) is 0 Å². The molecule has 1 N–H and O–H groups in total. The molecule has 1 saturated heterocycles. The number of hydrogen-bond acceptors (Lipinski definition) is 5. The number of benzene rings is 1. The van der Waals surface area contributed by atoms with Crippen LogP contribution >= 0.6 is 11.7 Å². The highest BCUT2D eigenvalue weighted by molar-refractivity contribution is 6.99. The minimum absolute atomic E-state index is 0.0852. The summed E-state index contributed by atoms with van der Waals surface area (Å²) in [6.07, 6.45) is -0.131. The van der Waals surface area contributed by atoms with Crippen LogP contribution in [0.1, 0.15) is 35.3 Å². The van der Waals surface area contributed by atoms with Crippen molar-refractivity contribution < 1.29 is 18.0 Å². The van der Waals surface area contributed by atoms with E-state index in [2.05, 4.69) is 14.1 Å². The van der Waals surface area contributed by atoms with Gasteiger partial charge in [-0.05, 0) is 37.5 Å². The Morgan fingerprint density at radius 1 is 1.21 bits per heavy atom. The number of carbonyl (C=O) groups is 1. The first-order chi connectivity index (χ1) is 11.4. The summed E-state index contributed by atoms with van der Waals surface area (Å²) in [5, 5.41) is 2.55. The van der Waals surface area contributed by atoms with Gasteiger partial charge < -0.3 is 10.2 Å². The minimum atomic E-state index is -4.47. The van der Waals surface area contributed by atoms with Gasteiger partial charge in [0, 0.05) is 13.1 Å². The summed E-state index contributed by atoms with van der Waals surface area (Å²) in [6.45, 7) is 1.51. The van der Waals surface area contributed by atoms with Crippen LogP contribution in [-0.4, -0.2) is 27.7 Å². The van der Waals surface area contributed by atoms with Crippen LogP contribution in [0, 0.1) is 0 Å². The summed E-state index contributed by atoms with van der Waals surface area (Å²) in [4.78, 5) is 14.2. The van der Waals surface area contributed by atoms with Crippen LogP contribution in [0.2, 0.25) is 0 Å². The van der Waals surface area contributed by atoms with Gasteiger partial charge in [-0.1, -0.05) is 0 Å². The molecule has 0 radical (unpaired) electrons. The molecule has 0 aliphatic carbocycles. The van der Waals surface area contributed by atoms with Crippen molar-refractivity contribution >= 4 is 29.0 Å². The highest BCUT2D eigenvalue weighted by Gasteiger charge is 2.32. The number of rotatable bonds is 3. The van der Waals surface area contributed by atoms with Crippen molar-refractivity contribution in [3.8, 4) is 0 Å². The van der Waals surface area contributed by atoms with Gasteiger partial charge in [-0.3, -0.25) is 4.79 Å². The summed E-state index contributed by atoms with van der Waals surface area (Å²) in [7, 11) is 0. The zero-order valence-corrected chi connectivity index (χ0v) is 13.5. The highest BCUT2D eigenvalue weighted by Crippen LogP contribution is 2.36. The Hall–Kier alpha value is -2.16. The van der Waals surface area contributed by atoms with Gasteiger partial charge in [0.25, 0.3) is 5.91 Å². The zero-order valence-electron chi connectivity index (χ0n) is 12.6. The van der Waals surface area contributed by atoms with E-state index in [9.17, 15) is 18.0 Å². The summed E-state index contributed by atoms with van der Waals surface area (Å²) >= 11 is 0.867. The molecule has 1 aliphatic rings. The number of carbonyl (C=O) groups excluding carboxylic acids is 1. The average molecular weight is 356 g/mol. The molecule has 1 aliphatic heterocycles. The van der Waals surface area contributed by atoms with Gasteiger partial charge in [-0.15, -0.1) is 0 Å². The number of nitrogens with one attached hydrogen (secondary N) is 1. The van der Waals surface area contributed by atoms with Crippen LogP contribution in [0.15, 0.2) is 24.4 Å². The molecule has 1 aromatic carbocycles. The Bertz CT molecular complexity index is 712. The number of amides is 1. The van der Waals surface area contributed by atoms with Crippen LogP contribution in [0.3, 0.4) is 0 Å². The summed E-state index contributed by atoms with van der Waals surface area (Å²) in [5.74, 6) is -0.568. The lowest BCUT2D eigenvalue weighted by Gasteiger charge is -2.31. The van der Waals surface area contributed by atoms with Gasteiger partial charge in [0.05, 0.1) is 34.9 Å². The molecular formula is C15H15F3N4OS. The van der Waals surface area contributed by atoms with Crippen molar-refractivity contribution in [3.05, 3.63) is 35.7 Å². The van der Waals surface area contributed by atoms with Crippen LogP contribution in [0.4, 0.5) is 24.5 Å². The fourth-order valence-corrected chi connectivity index (χ4v) is 3.09. The topological polar surface area (TPSA) is 58.1 Å². The third-order valence-electron chi connectivity index (χ3n) is 3.86. The summed E-state index contributed by atoms with van der Waals surface area (Å²) in [6, 6.07) is 3.44. The van der Waals surface area contributed by atoms with E-state index in [4.69, 9.17) is 0 Å². The molecule has 1 fully saturated rings. The molecule has 0 atom stereocenters. The van der Waals surface area contributed by atoms with Crippen molar-refractivity contribution in [3.63, 3.8) is 0 Å². The molecule has 0 saturated carbocycles. The van der Waals surface area contributed by atoms with Crippen molar-refractivity contribution in [2.75, 3.05) is 23.3 Å². The van der Waals surface area contributed by atoms with E-state index in [1.165, 1.54) is 12.3 Å². The van der Waals surface area contributed by atoms with Crippen molar-refractivity contribution in [2.24, 2.45) is 0 Å². The summed E-state index contributed by atoms with van der Waals surface area (Å²) in [5.41, 5.74) is 0.0286. The van der Waals surface area contributed by atoms with Crippen LogP contribution in [-0.2, 0) is 6.18 Å². The van der Waals surface area contributed by atoms with E-state index in [1.807, 2.05) is 4.90 Å². The molecule has 2 heterocycles. The molecule has 2 aromatic rings. The number of alkyl halides is 3. The van der Waals surface area contributed by atoms with Crippen molar-refractivity contribution in [1.29, 1.82) is 0 Å². The van der Waals surface area contributed by atoms with Crippen LogP contribution in [0.25, 0.3) is 0 Å². The van der Waals surface area contributed by atoms with Gasteiger partial charge in [0.1, 0.15) is 0 Å². The van der Waals surface area contributed by atoms with E-state index in [0.29, 0.717) is 5.69 Å². The minimum Gasteiger partial charge on any atom is -0.370 e. The monoisotopic (exact) mass is 356 g/mol. The molecule has 5 nitrogen and oxygen atoms in total. The van der Waals surface area contributed by atoms with E-state index >= 15 is 0 Å². The lowest BCUT2D eigenvalue weighted by molar-refractivity contribution is -0.137. The van der Waals surface area contributed by atoms with Gasteiger partial charge >= 0.3 is 6.18 Å². The molecule has 0 unspecified atom stereocenters. The zero-order chi connectivity index (χ0) is 17.2. The molecule has 1 aromatic heterocycles. The van der Waals surface area contributed by atoms with Gasteiger partial charge in [-0.2, -0.15) is 21.9 Å². The number of hydrogen-bond donors (Lipinski definition) is 1. The first kappa shape index (κ1) is 16.7. The Kier molecular flexibility index (Phi) is 4.70. The second-order valence-electron chi connectivity index (χ2n) is 5.52. The fourth-order valence-electron chi connectivity index (χ4n) is 2.67. The fraction of sp³-hybridized carbons (Fsp3) is 0.400. The second kappa shape index (κ2) is 6.76. The molecule has 9 heteroatoms. The second-order valence-corrected chi connectivity index (χ2v) is 6.08. The van der Waals surface area contributed by atoms with Crippen molar-refractivity contribution in [2.45, 2.75) is 25.4 Å². The SMILES string of the molecule is O=C(Nc1cc(C(F)(F)F)ccc1N1CCCCC1)c1cnsn1. The standard InChI is InChI=1S/C15H15F3N4OS/c16-15(17,18)10-4-5-13(22-6-2-1-3-7-22)11(8-10)20-14(23)12-9-19-24-21-12/h4-5,8-9H,1-3,6-7H2,(H,20,23). The summed E-state index contributed by atoms with van der Waals surface area (Å²) < 4.78 is 46.6. The van der Waals surface area contributed by atoms with E-state index in [1.54, 1.807) is 0 Å². The van der Waals surface area contributed by atoms with E-state index in [0.717, 1.165) is 56.2 Å².